The minimum atomic E-state index is -3.82. The molecule has 0 bridgehead atoms. The van der Waals surface area contributed by atoms with E-state index in [1.54, 1.807) is 0 Å². The van der Waals surface area contributed by atoms with Crippen LogP contribution < -0.4 is 10.6 Å². The standard InChI is InChI=1S/C17H23ClN2O4S.ClH/c18-13-3-5-14(6-4-13)25(23,24)17(7-1-2-8-17)16(22)20-10-12-9-19-11-15(12)21;/h3-6,12,15,19,21H,1-2,7-11H2,(H,20,22);1H. The highest BCUT2D eigenvalue weighted by molar-refractivity contribution is 7.93. The van der Waals surface area contributed by atoms with Crippen molar-refractivity contribution in [2.24, 2.45) is 5.92 Å². The predicted molar refractivity (Wildman–Crippen MR) is 102 cm³/mol. The van der Waals surface area contributed by atoms with Gasteiger partial charge in [0.25, 0.3) is 0 Å². The number of rotatable bonds is 5. The van der Waals surface area contributed by atoms with Gasteiger partial charge in [-0.15, -0.1) is 12.4 Å². The number of aliphatic hydroxyl groups is 1. The highest BCUT2D eigenvalue weighted by Gasteiger charge is 2.53. The largest absolute Gasteiger partial charge is 0.391 e. The Labute approximate surface area is 165 Å². The number of nitrogens with one attached hydrogen (secondary N) is 2. The van der Waals surface area contributed by atoms with Gasteiger partial charge in [0.2, 0.25) is 5.91 Å². The monoisotopic (exact) mass is 422 g/mol. The predicted octanol–water partition coefficient (Wildman–Crippen LogP) is 1.54. The summed E-state index contributed by atoms with van der Waals surface area (Å²) < 4.78 is 25.0. The summed E-state index contributed by atoms with van der Waals surface area (Å²) in [6.07, 6.45) is 1.51. The van der Waals surface area contributed by atoms with E-state index >= 15 is 0 Å². The van der Waals surface area contributed by atoms with E-state index < -0.39 is 26.6 Å². The Bertz CT molecular complexity index is 734. The molecule has 146 valence electrons. The van der Waals surface area contributed by atoms with Crippen molar-refractivity contribution in [3.05, 3.63) is 29.3 Å². The molecule has 3 N–H and O–H groups in total. The number of amides is 1. The van der Waals surface area contributed by atoms with Crippen LogP contribution >= 0.6 is 24.0 Å². The first-order valence-electron chi connectivity index (χ1n) is 8.54. The maximum absolute atomic E-state index is 13.2. The maximum Gasteiger partial charge on any atom is 0.241 e. The van der Waals surface area contributed by atoms with Crippen LogP contribution in [0.2, 0.25) is 5.02 Å². The highest BCUT2D eigenvalue weighted by Crippen LogP contribution is 2.41. The number of carbonyl (C=O) groups excluding carboxylic acids is 1. The Hall–Kier alpha value is -0.860. The summed E-state index contributed by atoms with van der Waals surface area (Å²) in [6, 6.07) is 5.95. The zero-order chi connectivity index (χ0) is 18.1. The molecule has 0 radical (unpaired) electrons. The number of halogens is 2. The molecule has 1 amide bonds. The second-order valence-electron chi connectivity index (χ2n) is 6.85. The third kappa shape index (κ3) is 3.87. The third-order valence-corrected chi connectivity index (χ3v) is 8.06. The van der Waals surface area contributed by atoms with Crippen molar-refractivity contribution in [3.8, 4) is 0 Å². The van der Waals surface area contributed by atoms with E-state index in [9.17, 15) is 18.3 Å². The molecule has 3 rings (SSSR count). The molecule has 1 heterocycles. The van der Waals surface area contributed by atoms with E-state index in [4.69, 9.17) is 11.6 Å². The minimum absolute atomic E-state index is 0. The van der Waals surface area contributed by atoms with Crippen LogP contribution in [0.15, 0.2) is 29.2 Å². The summed E-state index contributed by atoms with van der Waals surface area (Å²) in [4.78, 5) is 13.0. The minimum Gasteiger partial charge on any atom is -0.391 e. The van der Waals surface area contributed by atoms with Crippen molar-refractivity contribution in [1.82, 2.24) is 10.6 Å². The Morgan fingerprint density at radius 1 is 1.23 bits per heavy atom. The van der Waals surface area contributed by atoms with Crippen LogP contribution in [0, 0.1) is 5.92 Å². The molecule has 2 unspecified atom stereocenters. The second kappa shape index (κ2) is 8.44. The van der Waals surface area contributed by atoms with Crippen LogP contribution in [0.25, 0.3) is 0 Å². The van der Waals surface area contributed by atoms with Crippen LogP contribution in [0.1, 0.15) is 25.7 Å². The number of aliphatic hydroxyl groups excluding tert-OH is 1. The third-order valence-electron chi connectivity index (χ3n) is 5.29. The lowest BCUT2D eigenvalue weighted by Gasteiger charge is -2.28. The molecule has 9 heteroatoms. The van der Waals surface area contributed by atoms with E-state index in [0.29, 0.717) is 43.8 Å². The molecule has 1 aliphatic carbocycles. The fourth-order valence-corrected chi connectivity index (χ4v) is 5.93. The van der Waals surface area contributed by atoms with Gasteiger partial charge in [0.1, 0.15) is 0 Å². The van der Waals surface area contributed by atoms with Crippen molar-refractivity contribution in [2.45, 2.75) is 41.4 Å². The van der Waals surface area contributed by atoms with Crippen molar-refractivity contribution in [3.63, 3.8) is 0 Å². The number of hydrogen-bond acceptors (Lipinski definition) is 5. The fraction of sp³-hybridized carbons (Fsp3) is 0.588. The van der Waals surface area contributed by atoms with E-state index in [0.717, 1.165) is 0 Å². The van der Waals surface area contributed by atoms with Gasteiger partial charge in [0.05, 0.1) is 11.0 Å². The van der Waals surface area contributed by atoms with Crippen LogP contribution in [0.4, 0.5) is 0 Å². The van der Waals surface area contributed by atoms with Crippen LogP contribution in [-0.2, 0) is 14.6 Å². The molecule has 1 saturated heterocycles. The molecular formula is C17H24Cl2N2O4S. The molecular weight excluding hydrogens is 399 g/mol. The smallest absolute Gasteiger partial charge is 0.241 e. The van der Waals surface area contributed by atoms with Crippen LogP contribution in [0.5, 0.6) is 0 Å². The Morgan fingerprint density at radius 2 is 1.85 bits per heavy atom. The van der Waals surface area contributed by atoms with Gasteiger partial charge in [-0.2, -0.15) is 0 Å². The SMILES string of the molecule is Cl.O=C(NCC1CNCC1O)C1(S(=O)(=O)c2ccc(Cl)cc2)CCCC1. The number of β-amino-alcohol motifs (C(OH)–C–C–N with tert-alkyl or cyclic N) is 1. The maximum atomic E-state index is 13.2. The molecule has 2 fully saturated rings. The van der Waals surface area contributed by atoms with Crippen molar-refractivity contribution < 1.29 is 18.3 Å². The molecule has 2 atom stereocenters. The molecule has 0 spiro atoms. The number of benzene rings is 1. The Balaban J connectivity index is 0.00000243. The molecule has 1 aromatic rings. The van der Waals surface area contributed by atoms with Gasteiger partial charge in [0.15, 0.2) is 14.6 Å². The van der Waals surface area contributed by atoms with Crippen molar-refractivity contribution in [2.75, 3.05) is 19.6 Å². The first-order chi connectivity index (χ1) is 11.9. The molecule has 2 aliphatic rings. The van der Waals surface area contributed by atoms with Gasteiger partial charge in [-0.3, -0.25) is 4.79 Å². The topological polar surface area (TPSA) is 95.5 Å². The molecule has 1 aromatic carbocycles. The van der Waals surface area contributed by atoms with Crippen LogP contribution in [-0.4, -0.2) is 49.9 Å². The van der Waals surface area contributed by atoms with Crippen molar-refractivity contribution in [1.29, 1.82) is 0 Å². The molecule has 26 heavy (non-hydrogen) atoms. The molecule has 1 saturated carbocycles. The highest BCUT2D eigenvalue weighted by atomic mass is 35.5. The summed E-state index contributed by atoms with van der Waals surface area (Å²) in [7, 11) is -3.82. The number of sulfone groups is 1. The summed E-state index contributed by atoms with van der Waals surface area (Å²) in [5, 5.41) is 16.1. The quantitative estimate of drug-likeness (QED) is 0.668. The lowest BCUT2D eigenvalue weighted by molar-refractivity contribution is -0.123. The molecule has 6 nitrogen and oxygen atoms in total. The Morgan fingerprint density at radius 3 is 2.38 bits per heavy atom. The lowest BCUT2D eigenvalue weighted by atomic mass is 10.0. The zero-order valence-corrected chi connectivity index (χ0v) is 16.7. The Kier molecular flexibility index (Phi) is 6.96. The molecule has 0 aromatic heterocycles. The van der Waals surface area contributed by atoms with E-state index in [1.165, 1.54) is 24.3 Å². The summed E-state index contributed by atoms with van der Waals surface area (Å²) in [6.45, 7) is 1.37. The van der Waals surface area contributed by atoms with E-state index in [-0.39, 0.29) is 29.8 Å². The number of hydrogen-bond donors (Lipinski definition) is 3. The average molecular weight is 423 g/mol. The van der Waals surface area contributed by atoms with Gasteiger partial charge < -0.3 is 15.7 Å². The summed E-state index contributed by atoms with van der Waals surface area (Å²) in [5.74, 6) is -0.556. The van der Waals surface area contributed by atoms with Crippen LogP contribution in [0.3, 0.4) is 0 Å². The summed E-state index contributed by atoms with van der Waals surface area (Å²) in [5.41, 5.74) is 0. The zero-order valence-electron chi connectivity index (χ0n) is 14.3. The van der Waals surface area contributed by atoms with Crippen molar-refractivity contribution >= 4 is 39.8 Å². The normalized spacial score (nSPS) is 24.8. The summed E-state index contributed by atoms with van der Waals surface area (Å²) >= 11 is 5.85. The molecule has 1 aliphatic heterocycles. The van der Waals surface area contributed by atoms with E-state index in [1.807, 2.05) is 0 Å². The first-order valence-corrected chi connectivity index (χ1v) is 10.4. The second-order valence-corrected chi connectivity index (χ2v) is 9.55. The fourth-order valence-electron chi connectivity index (χ4n) is 3.72. The van der Waals surface area contributed by atoms with Gasteiger partial charge in [-0.05, 0) is 37.1 Å². The average Bonchev–Trinajstić information content (AvgIpc) is 3.23. The van der Waals surface area contributed by atoms with Gasteiger partial charge >= 0.3 is 0 Å². The number of carbonyl (C=O) groups is 1. The van der Waals surface area contributed by atoms with Gasteiger partial charge in [-0.25, -0.2) is 8.42 Å². The van der Waals surface area contributed by atoms with Gasteiger partial charge in [-0.1, -0.05) is 24.4 Å². The van der Waals surface area contributed by atoms with E-state index in [2.05, 4.69) is 10.6 Å². The van der Waals surface area contributed by atoms with Gasteiger partial charge in [0, 0.05) is 30.6 Å². The lowest BCUT2D eigenvalue weighted by Crippen LogP contribution is -2.52. The first kappa shape index (κ1) is 21.4.